The number of aromatic nitrogens is 1. The first-order valence-electron chi connectivity index (χ1n) is 14.9. The van der Waals surface area contributed by atoms with Gasteiger partial charge in [-0.15, -0.1) is 0 Å². The molecule has 2 aliphatic carbocycles. The number of benzene rings is 3. The maximum absolute atomic E-state index is 2.52. The zero-order valence-electron chi connectivity index (χ0n) is 26.9. The second-order valence-corrected chi connectivity index (χ2v) is 19.9. The summed E-state index contributed by atoms with van der Waals surface area (Å²) in [4.78, 5) is 0. The molecule has 0 N–H and O–H groups in total. The number of halogens is 2. The van der Waals surface area contributed by atoms with E-state index in [4.69, 9.17) is 0 Å². The van der Waals surface area contributed by atoms with Crippen molar-refractivity contribution < 1.29 is 49.5 Å². The number of para-hydroxylation sites is 1. The Balaban J connectivity index is 0.000000189. The van der Waals surface area contributed by atoms with E-state index in [1.165, 1.54) is 56.0 Å². The van der Waals surface area contributed by atoms with Crippen LogP contribution in [0, 0.1) is 13.8 Å². The quantitative estimate of drug-likeness (QED) is 0.273. The largest absolute Gasteiger partial charge is 1.00 e. The Morgan fingerprint density at radius 3 is 2.00 bits per heavy atom. The van der Waals surface area contributed by atoms with Crippen molar-refractivity contribution in [2.75, 3.05) is 0 Å². The van der Waals surface area contributed by atoms with Gasteiger partial charge >= 0.3 is 150 Å². The molecule has 0 radical (unpaired) electrons. The third-order valence-electron chi connectivity index (χ3n) is 9.53. The number of hydrogen-bond donors (Lipinski definition) is 0. The minimum Gasteiger partial charge on any atom is -1.00 e. The fourth-order valence-electron chi connectivity index (χ4n) is 7.59. The van der Waals surface area contributed by atoms with Gasteiger partial charge in [-0.3, -0.25) is 0 Å². The van der Waals surface area contributed by atoms with E-state index < -0.39 is 8.07 Å². The standard InChI is InChI=1S/C21H23.C17H19NSi.2ClH.Zr/c1-14-10-17-11-15(2)13-20(17)19(12-14)16-6-8-18(9-7-16)21(3,4)5;1-11-10-14-15(17-12(2)16(14)19(17,3)4)18(11)13-8-6-5-7-9-13;;;/h6-13H,1-5H3;5-10,16H,1-4H3;2*1H;/q;;;;+2/p-2. The Hall–Kier alpha value is -1.90. The summed E-state index contributed by atoms with van der Waals surface area (Å²) < 4.78 is 3.10. The Bertz CT molecular complexity index is 1740. The predicted molar refractivity (Wildman–Crippen MR) is 175 cm³/mol. The number of hydrogen-bond acceptors (Lipinski definition) is 0. The van der Waals surface area contributed by atoms with Gasteiger partial charge in [-0.05, 0) is 42.8 Å². The molecular weight excluding hydrogens is 661 g/mol. The summed E-state index contributed by atoms with van der Waals surface area (Å²) in [6.07, 6.45) is 2.39. The molecule has 2 atom stereocenters. The average molecular weight is 703 g/mol. The molecule has 2 bridgehead atoms. The van der Waals surface area contributed by atoms with Crippen molar-refractivity contribution in [3.05, 3.63) is 123 Å². The van der Waals surface area contributed by atoms with Gasteiger partial charge in [-0.25, -0.2) is 0 Å². The van der Waals surface area contributed by atoms with Crippen LogP contribution in [-0.2, 0) is 30.1 Å². The Kier molecular flexibility index (Phi) is 9.58. The van der Waals surface area contributed by atoms with Crippen LogP contribution in [0.2, 0.25) is 13.1 Å². The molecule has 3 heterocycles. The van der Waals surface area contributed by atoms with Crippen LogP contribution < -0.4 is 24.8 Å². The average Bonchev–Trinajstić information content (AvgIpc) is 3.56. The van der Waals surface area contributed by atoms with Crippen molar-refractivity contribution in [1.29, 1.82) is 0 Å². The van der Waals surface area contributed by atoms with E-state index in [9.17, 15) is 0 Å². The minimum atomic E-state index is -1.19. The molecule has 4 aromatic rings. The fraction of sp³-hybridized carbons (Fsp3) is 0.316. The molecular formula is C38H42Cl2NSiZr. The van der Waals surface area contributed by atoms with E-state index in [0.717, 1.165) is 5.54 Å². The normalized spacial score (nSPS) is 18.8. The van der Waals surface area contributed by atoms with Crippen molar-refractivity contribution >= 4 is 19.3 Å². The van der Waals surface area contributed by atoms with Gasteiger partial charge in [-0.2, -0.15) is 0 Å². The number of allylic oxidation sites excluding steroid dienone is 2. The Morgan fingerprint density at radius 2 is 1.42 bits per heavy atom. The summed E-state index contributed by atoms with van der Waals surface area (Å²) in [7, 11) is -1.19. The molecule has 0 saturated carbocycles. The molecule has 3 aromatic carbocycles. The molecule has 0 amide bonds. The molecule has 8 rings (SSSR count). The molecule has 0 saturated heterocycles. The molecule has 1 nitrogen and oxygen atoms in total. The summed E-state index contributed by atoms with van der Waals surface area (Å²) in [5.74, 6) is 0. The summed E-state index contributed by atoms with van der Waals surface area (Å²) in [5.41, 5.74) is 18.4. The molecule has 43 heavy (non-hydrogen) atoms. The molecule has 2 aliphatic heterocycles. The van der Waals surface area contributed by atoms with Crippen LogP contribution in [0.15, 0.2) is 83.9 Å². The van der Waals surface area contributed by atoms with E-state index in [1.807, 2.05) is 0 Å². The molecule has 0 spiro atoms. The third kappa shape index (κ3) is 5.58. The summed E-state index contributed by atoms with van der Waals surface area (Å²) in [5, 5.41) is 1.71. The monoisotopic (exact) mass is 700 g/mol. The smallest absolute Gasteiger partial charge is 1.00 e. The summed E-state index contributed by atoms with van der Waals surface area (Å²) in [6.45, 7) is 20.9. The zero-order chi connectivity index (χ0) is 29.4. The van der Waals surface area contributed by atoms with E-state index in [2.05, 4.69) is 145 Å². The zero-order valence-corrected chi connectivity index (χ0v) is 31.8. The molecule has 1 aromatic heterocycles. The van der Waals surface area contributed by atoms with Gasteiger partial charge < -0.3 is 29.4 Å². The van der Waals surface area contributed by atoms with Gasteiger partial charge in [0.1, 0.15) is 0 Å². The molecule has 4 aliphatic rings. The van der Waals surface area contributed by atoms with Gasteiger partial charge in [-0.1, -0.05) is 36.9 Å². The van der Waals surface area contributed by atoms with Crippen LogP contribution in [0.25, 0.3) is 28.1 Å². The van der Waals surface area contributed by atoms with E-state index in [1.54, 1.807) is 41.1 Å². The molecule has 2 unspecified atom stereocenters. The van der Waals surface area contributed by atoms with Gasteiger partial charge in [0.25, 0.3) is 0 Å². The topological polar surface area (TPSA) is 4.93 Å². The Labute approximate surface area is 287 Å². The first kappa shape index (κ1) is 34.0. The van der Waals surface area contributed by atoms with Crippen LogP contribution in [0.4, 0.5) is 0 Å². The van der Waals surface area contributed by atoms with Crippen molar-refractivity contribution in [2.45, 2.75) is 76.1 Å². The first-order valence-corrected chi connectivity index (χ1v) is 19.4. The first-order chi connectivity index (χ1) is 19.3. The number of aryl methyl sites for hydroxylation is 2. The van der Waals surface area contributed by atoms with E-state index in [-0.39, 0.29) is 30.2 Å². The third-order valence-corrected chi connectivity index (χ3v) is 15.5. The predicted octanol–water partition coefficient (Wildman–Crippen LogP) is 4.43. The fourth-order valence-corrected chi connectivity index (χ4v) is 12.7. The van der Waals surface area contributed by atoms with Crippen LogP contribution >= 0.6 is 0 Å². The minimum absolute atomic E-state index is 0. The van der Waals surface area contributed by atoms with Crippen molar-refractivity contribution in [2.24, 2.45) is 0 Å². The number of nitrogens with zero attached hydrogens (tertiary/aromatic N) is 1. The van der Waals surface area contributed by atoms with Crippen LogP contribution in [-0.4, -0.2) is 12.6 Å². The summed E-state index contributed by atoms with van der Waals surface area (Å²) in [6, 6.07) is 27.0. The van der Waals surface area contributed by atoms with Gasteiger partial charge in [0.15, 0.2) is 0 Å². The van der Waals surface area contributed by atoms with Crippen molar-refractivity contribution in [3.63, 3.8) is 0 Å². The number of rotatable bonds is 2. The second-order valence-electron chi connectivity index (χ2n) is 13.9. The maximum atomic E-state index is 2.52. The SMILES string of the molecule is CC1=C2c3c(cc(C)n3-c3ccccc3)C1[Si]2(C)C.CC1=Cc2c(-c3ccc(C(C)(C)C)cc3)cc(C)cc2[CH]1[Zr+2].[Cl-].[Cl-]. The van der Waals surface area contributed by atoms with Gasteiger partial charge in [0.2, 0.25) is 0 Å². The molecule has 0 fully saturated rings. The van der Waals surface area contributed by atoms with E-state index >= 15 is 0 Å². The number of fused-ring (bicyclic) bond motifs is 1. The van der Waals surface area contributed by atoms with Crippen LogP contribution in [0.3, 0.4) is 0 Å². The van der Waals surface area contributed by atoms with Crippen LogP contribution in [0.5, 0.6) is 0 Å². The van der Waals surface area contributed by atoms with Crippen LogP contribution in [0.1, 0.15) is 83.0 Å². The summed E-state index contributed by atoms with van der Waals surface area (Å²) >= 11 is 1.59. The second kappa shape index (κ2) is 12.1. The van der Waals surface area contributed by atoms with Gasteiger partial charge in [0, 0.05) is 22.6 Å². The van der Waals surface area contributed by atoms with Crippen molar-refractivity contribution in [1.82, 2.24) is 4.57 Å². The Morgan fingerprint density at radius 1 is 0.791 bits per heavy atom. The molecule has 221 valence electrons. The maximum Gasteiger partial charge on any atom is -1.00 e. The van der Waals surface area contributed by atoms with E-state index in [0.29, 0.717) is 3.63 Å². The van der Waals surface area contributed by atoms with Gasteiger partial charge in [0.05, 0.1) is 8.07 Å². The molecule has 5 heteroatoms. The van der Waals surface area contributed by atoms with Crippen molar-refractivity contribution in [3.8, 4) is 16.8 Å².